The lowest BCUT2D eigenvalue weighted by atomic mass is 10.2. The van der Waals surface area contributed by atoms with Gasteiger partial charge in [0.1, 0.15) is 16.8 Å². The van der Waals surface area contributed by atoms with Crippen molar-refractivity contribution in [2.45, 2.75) is 20.0 Å². The molecule has 2 N–H and O–H groups in total. The summed E-state index contributed by atoms with van der Waals surface area (Å²) in [4.78, 5) is 12.2. The van der Waals surface area contributed by atoms with Crippen molar-refractivity contribution in [1.29, 1.82) is 0 Å². The van der Waals surface area contributed by atoms with E-state index in [-0.39, 0.29) is 5.91 Å². The van der Waals surface area contributed by atoms with Crippen molar-refractivity contribution in [2.24, 2.45) is 0 Å². The molecule has 1 amide bonds. The van der Waals surface area contributed by atoms with Crippen LogP contribution in [0.4, 0.5) is 5.69 Å². The molecule has 1 unspecified atom stereocenters. The van der Waals surface area contributed by atoms with Crippen molar-refractivity contribution in [3.63, 3.8) is 0 Å². The number of fused-ring (bicyclic) bond motifs is 1. The molecule has 1 aromatic heterocycles. The van der Waals surface area contributed by atoms with E-state index in [1.54, 1.807) is 25.1 Å². The zero-order valence-corrected chi connectivity index (χ0v) is 12.3. The molecule has 0 aliphatic carbocycles. The third-order valence-corrected chi connectivity index (χ3v) is 3.29. The Kier molecular flexibility index (Phi) is 3.74. The maximum absolute atomic E-state index is 12.2. The number of carbonyl (C=O) groups is 1. The summed E-state index contributed by atoms with van der Waals surface area (Å²) < 4.78 is 5.63. The van der Waals surface area contributed by atoms with Crippen LogP contribution < -0.4 is 10.1 Å². The molecule has 6 nitrogen and oxygen atoms in total. The minimum absolute atomic E-state index is 0.219. The van der Waals surface area contributed by atoms with Gasteiger partial charge in [-0.1, -0.05) is 17.7 Å². The van der Waals surface area contributed by atoms with Crippen LogP contribution >= 0.6 is 0 Å². The van der Waals surface area contributed by atoms with Gasteiger partial charge in [-0.05, 0) is 44.2 Å². The van der Waals surface area contributed by atoms with Crippen LogP contribution in [0, 0.1) is 6.92 Å². The van der Waals surface area contributed by atoms with E-state index in [4.69, 9.17) is 4.74 Å². The Hall–Kier alpha value is -2.89. The summed E-state index contributed by atoms with van der Waals surface area (Å²) in [7, 11) is 0. The van der Waals surface area contributed by atoms with Gasteiger partial charge in [-0.2, -0.15) is 15.4 Å². The van der Waals surface area contributed by atoms with Crippen LogP contribution in [0.2, 0.25) is 0 Å². The van der Waals surface area contributed by atoms with E-state index in [9.17, 15) is 4.79 Å². The second-order valence-electron chi connectivity index (χ2n) is 5.09. The van der Waals surface area contributed by atoms with Gasteiger partial charge in [-0.15, -0.1) is 0 Å². The molecule has 1 heterocycles. The van der Waals surface area contributed by atoms with E-state index in [0.717, 1.165) is 11.1 Å². The topological polar surface area (TPSA) is 79.9 Å². The fourth-order valence-corrected chi connectivity index (χ4v) is 2.04. The zero-order valence-electron chi connectivity index (χ0n) is 12.3. The first-order valence-corrected chi connectivity index (χ1v) is 6.96. The van der Waals surface area contributed by atoms with Gasteiger partial charge in [0, 0.05) is 5.69 Å². The van der Waals surface area contributed by atoms with Crippen molar-refractivity contribution in [1.82, 2.24) is 15.4 Å². The first-order chi connectivity index (χ1) is 10.6. The third-order valence-electron chi connectivity index (χ3n) is 3.29. The highest BCUT2D eigenvalue weighted by atomic mass is 16.5. The molecule has 2 aromatic carbocycles. The minimum atomic E-state index is -0.601. The Morgan fingerprint density at radius 2 is 1.86 bits per heavy atom. The van der Waals surface area contributed by atoms with Gasteiger partial charge in [0.25, 0.3) is 5.91 Å². The van der Waals surface area contributed by atoms with Crippen LogP contribution in [0.15, 0.2) is 42.5 Å². The van der Waals surface area contributed by atoms with E-state index < -0.39 is 6.10 Å². The number of carbonyl (C=O) groups excluding carboxylic acids is 1. The van der Waals surface area contributed by atoms with Crippen LogP contribution in [0.25, 0.3) is 11.0 Å². The molecule has 1 atom stereocenters. The van der Waals surface area contributed by atoms with Crippen molar-refractivity contribution >= 4 is 22.6 Å². The molecule has 3 aromatic rings. The molecular formula is C16H16N4O2. The monoisotopic (exact) mass is 296 g/mol. The number of nitrogens with one attached hydrogen (secondary N) is 2. The highest BCUT2D eigenvalue weighted by molar-refractivity contribution is 5.95. The summed E-state index contributed by atoms with van der Waals surface area (Å²) in [5.41, 5.74) is 3.25. The molecule has 0 fully saturated rings. The number of H-pyrrole nitrogens is 1. The van der Waals surface area contributed by atoms with Gasteiger partial charge >= 0.3 is 0 Å². The quantitative estimate of drug-likeness (QED) is 0.775. The molecule has 0 radical (unpaired) electrons. The largest absolute Gasteiger partial charge is 0.481 e. The van der Waals surface area contributed by atoms with Gasteiger partial charge in [0.05, 0.1) is 0 Å². The minimum Gasteiger partial charge on any atom is -0.481 e. The second-order valence-corrected chi connectivity index (χ2v) is 5.09. The van der Waals surface area contributed by atoms with Crippen LogP contribution in [0.3, 0.4) is 0 Å². The second kappa shape index (κ2) is 5.85. The van der Waals surface area contributed by atoms with Crippen molar-refractivity contribution in [2.75, 3.05) is 5.32 Å². The van der Waals surface area contributed by atoms with Gasteiger partial charge in [0.2, 0.25) is 0 Å². The lowest BCUT2D eigenvalue weighted by Crippen LogP contribution is -2.30. The summed E-state index contributed by atoms with van der Waals surface area (Å²) in [6.45, 7) is 3.71. The summed E-state index contributed by atoms with van der Waals surface area (Å²) >= 11 is 0. The van der Waals surface area contributed by atoms with Gasteiger partial charge < -0.3 is 10.1 Å². The van der Waals surface area contributed by atoms with Gasteiger partial charge in [0.15, 0.2) is 6.10 Å². The number of hydrogen-bond donors (Lipinski definition) is 2. The smallest absolute Gasteiger partial charge is 0.265 e. The van der Waals surface area contributed by atoms with E-state index >= 15 is 0 Å². The number of nitrogens with zero attached hydrogens (tertiary/aromatic N) is 2. The summed E-state index contributed by atoms with van der Waals surface area (Å²) in [5, 5.41) is 13.3. The highest BCUT2D eigenvalue weighted by Gasteiger charge is 2.15. The molecule has 0 bridgehead atoms. The molecule has 0 saturated heterocycles. The fraction of sp³-hybridized carbons (Fsp3) is 0.188. The first-order valence-electron chi connectivity index (χ1n) is 6.96. The molecule has 3 rings (SSSR count). The van der Waals surface area contributed by atoms with Crippen LogP contribution in [-0.2, 0) is 4.79 Å². The molecule has 6 heteroatoms. The average Bonchev–Trinajstić information content (AvgIpc) is 2.97. The van der Waals surface area contributed by atoms with Crippen molar-refractivity contribution < 1.29 is 9.53 Å². The number of aryl methyl sites for hydroxylation is 1. The molecule has 22 heavy (non-hydrogen) atoms. The Morgan fingerprint density at radius 3 is 2.64 bits per heavy atom. The Morgan fingerprint density at radius 1 is 1.14 bits per heavy atom. The highest BCUT2D eigenvalue weighted by Crippen LogP contribution is 2.17. The van der Waals surface area contributed by atoms with Gasteiger partial charge in [-0.25, -0.2) is 0 Å². The van der Waals surface area contributed by atoms with Crippen LogP contribution in [-0.4, -0.2) is 27.4 Å². The van der Waals surface area contributed by atoms with E-state index in [1.807, 2.05) is 31.2 Å². The average molecular weight is 296 g/mol. The normalized spacial score (nSPS) is 12.1. The molecule has 0 aliphatic rings. The van der Waals surface area contributed by atoms with E-state index in [1.165, 1.54) is 0 Å². The van der Waals surface area contributed by atoms with Crippen molar-refractivity contribution in [3.8, 4) is 5.75 Å². The number of hydrogen-bond acceptors (Lipinski definition) is 4. The van der Waals surface area contributed by atoms with Crippen LogP contribution in [0.5, 0.6) is 5.75 Å². The Balaban J connectivity index is 1.66. The number of anilines is 1. The summed E-state index contributed by atoms with van der Waals surface area (Å²) in [6.07, 6.45) is -0.601. The number of benzene rings is 2. The molecule has 112 valence electrons. The third kappa shape index (κ3) is 3.06. The molecule has 0 aliphatic heterocycles. The Bertz CT molecular complexity index is 795. The zero-order chi connectivity index (χ0) is 15.5. The maximum atomic E-state index is 12.2. The lowest BCUT2D eigenvalue weighted by Gasteiger charge is -2.14. The lowest BCUT2D eigenvalue weighted by molar-refractivity contribution is -0.122. The summed E-state index contributed by atoms with van der Waals surface area (Å²) in [5.74, 6) is 0.448. The van der Waals surface area contributed by atoms with Crippen molar-refractivity contribution in [3.05, 3.63) is 48.0 Å². The number of ether oxygens (including phenoxy) is 1. The summed E-state index contributed by atoms with van der Waals surface area (Å²) in [6, 6.07) is 12.9. The predicted molar refractivity (Wildman–Crippen MR) is 83.8 cm³/mol. The predicted octanol–water partition coefficient (Wildman–Crippen LogP) is 2.67. The molecule has 0 saturated carbocycles. The van der Waals surface area contributed by atoms with E-state index in [2.05, 4.69) is 20.7 Å². The number of rotatable bonds is 4. The fourth-order valence-electron chi connectivity index (χ4n) is 2.04. The number of amides is 1. The Labute approximate surface area is 127 Å². The standard InChI is InChI=1S/C16H16N4O2/c1-10-3-6-13(7-4-10)22-11(2)16(21)17-12-5-8-14-15(9-12)19-20-18-14/h3-9,11H,1-2H3,(H,17,21)(H,18,19,20). The molecule has 0 spiro atoms. The number of aromatic nitrogens is 3. The SMILES string of the molecule is Cc1ccc(OC(C)C(=O)Nc2ccc3n[nH]nc3c2)cc1. The van der Waals surface area contributed by atoms with Gasteiger partial charge in [-0.3, -0.25) is 4.79 Å². The van der Waals surface area contributed by atoms with Crippen LogP contribution in [0.1, 0.15) is 12.5 Å². The number of aromatic amines is 1. The molecular weight excluding hydrogens is 280 g/mol. The maximum Gasteiger partial charge on any atom is 0.265 e. The van der Waals surface area contributed by atoms with E-state index in [0.29, 0.717) is 17.0 Å². The first kappa shape index (κ1) is 14.1.